The summed E-state index contributed by atoms with van der Waals surface area (Å²) in [5.74, 6) is -0.604. The maximum atomic E-state index is 12.1. The molecule has 0 heterocycles. The van der Waals surface area contributed by atoms with Crippen LogP contribution in [0.2, 0.25) is 0 Å². The van der Waals surface area contributed by atoms with E-state index in [1.54, 1.807) is 6.92 Å². The Kier molecular flexibility index (Phi) is 5.72. The average molecular weight is 349 g/mol. The lowest BCUT2D eigenvalue weighted by atomic mass is 10.1. The van der Waals surface area contributed by atoms with E-state index >= 15 is 0 Å². The second kappa shape index (κ2) is 7.95. The Morgan fingerprint density at radius 3 is 2.48 bits per heavy atom. The number of carbonyl (C=O) groups excluding carboxylic acids is 1. The quantitative estimate of drug-likeness (QED) is 0.492. The molecule has 0 fully saturated rings. The van der Waals surface area contributed by atoms with E-state index in [1.807, 2.05) is 0 Å². The van der Waals surface area contributed by atoms with Crippen LogP contribution in [0.5, 0.6) is 5.75 Å². The van der Waals surface area contributed by atoms with E-state index in [1.165, 1.54) is 42.5 Å². The molecule has 2 aromatic carbocycles. The first-order valence-electron chi connectivity index (χ1n) is 7.01. The first-order chi connectivity index (χ1) is 11.9. The van der Waals surface area contributed by atoms with Gasteiger partial charge in [0.2, 0.25) is 0 Å². The highest BCUT2D eigenvalue weighted by Gasteiger charge is 2.11. The van der Waals surface area contributed by atoms with Gasteiger partial charge in [-0.25, -0.2) is 5.43 Å². The van der Waals surface area contributed by atoms with Crippen LogP contribution in [0.15, 0.2) is 53.6 Å². The zero-order valence-electron chi connectivity index (χ0n) is 13.0. The predicted molar refractivity (Wildman–Crippen MR) is 85.8 cm³/mol. The van der Waals surface area contributed by atoms with Crippen LogP contribution in [0.25, 0.3) is 0 Å². The SMILES string of the molecule is C/C(=N/NC(=O)c1cccc([N+](=O)[O-])c1)c1ccc(OC(F)F)cc1. The molecular formula is C16H13F2N3O4. The summed E-state index contributed by atoms with van der Waals surface area (Å²) in [6.07, 6.45) is 0. The van der Waals surface area contributed by atoms with E-state index < -0.39 is 17.4 Å². The molecule has 0 aromatic heterocycles. The topological polar surface area (TPSA) is 93.8 Å². The molecule has 0 atom stereocenters. The highest BCUT2D eigenvalue weighted by atomic mass is 19.3. The van der Waals surface area contributed by atoms with Crippen LogP contribution >= 0.6 is 0 Å². The number of nitro groups is 1. The summed E-state index contributed by atoms with van der Waals surface area (Å²) in [5, 5.41) is 14.6. The molecule has 2 aromatic rings. The minimum Gasteiger partial charge on any atom is -0.435 e. The van der Waals surface area contributed by atoms with Crippen LogP contribution in [0, 0.1) is 10.1 Å². The predicted octanol–water partition coefficient (Wildman–Crippen LogP) is 3.35. The Morgan fingerprint density at radius 2 is 1.88 bits per heavy atom. The normalized spacial score (nSPS) is 11.3. The Labute approximate surface area is 141 Å². The van der Waals surface area contributed by atoms with Gasteiger partial charge < -0.3 is 4.74 Å². The number of ether oxygens (including phenoxy) is 1. The van der Waals surface area contributed by atoms with Gasteiger partial charge >= 0.3 is 6.61 Å². The molecule has 0 saturated carbocycles. The minimum atomic E-state index is -2.91. The van der Waals surface area contributed by atoms with Gasteiger partial charge in [-0.3, -0.25) is 14.9 Å². The average Bonchev–Trinajstić information content (AvgIpc) is 2.59. The van der Waals surface area contributed by atoms with Gasteiger partial charge in [0.05, 0.1) is 10.6 Å². The van der Waals surface area contributed by atoms with Crippen molar-refractivity contribution in [1.82, 2.24) is 5.43 Å². The van der Waals surface area contributed by atoms with Crippen molar-refractivity contribution in [1.29, 1.82) is 0 Å². The number of non-ortho nitro benzene ring substituents is 1. The van der Waals surface area contributed by atoms with E-state index in [0.29, 0.717) is 11.3 Å². The number of nitrogens with zero attached hydrogens (tertiary/aromatic N) is 2. The standard InChI is InChI=1S/C16H13F2N3O4/c1-10(11-5-7-14(8-6-11)25-16(17)18)19-20-15(22)12-3-2-4-13(9-12)21(23)24/h2-9,16H,1H3,(H,20,22)/b19-10-. The van der Waals surface area contributed by atoms with Crippen molar-refractivity contribution in [2.75, 3.05) is 0 Å². The van der Waals surface area contributed by atoms with Gasteiger partial charge in [0, 0.05) is 17.7 Å². The maximum absolute atomic E-state index is 12.1. The molecule has 2 rings (SSSR count). The fourth-order valence-corrected chi connectivity index (χ4v) is 1.90. The van der Waals surface area contributed by atoms with E-state index in [9.17, 15) is 23.7 Å². The number of amides is 1. The molecule has 0 saturated heterocycles. The number of nitro benzene ring substituents is 1. The van der Waals surface area contributed by atoms with Gasteiger partial charge in [-0.1, -0.05) is 6.07 Å². The van der Waals surface area contributed by atoms with Gasteiger partial charge in [0.1, 0.15) is 5.75 Å². The molecule has 0 unspecified atom stereocenters. The number of carbonyl (C=O) groups is 1. The number of hydrazone groups is 1. The molecule has 0 aliphatic rings. The molecule has 7 nitrogen and oxygen atoms in total. The van der Waals surface area contributed by atoms with E-state index in [-0.39, 0.29) is 17.0 Å². The van der Waals surface area contributed by atoms with Gasteiger partial charge in [-0.05, 0) is 42.8 Å². The highest BCUT2D eigenvalue weighted by molar-refractivity contribution is 6.01. The summed E-state index contributed by atoms with van der Waals surface area (Å²) < 4.78 is 28.4. The fraction of sp³-hybridized carbons (Fsp3) is 0.125. The number of benzene rings is 2. The molecule has 9 heteroatoms. The van der Waals surface area contributed by atoms with Crippen LogP contribution in [0.1, 0.15) is 22.8 Å². The van der Waals surface area contributed by atoms with E-state index in [0.717, 1.165) is 6.07 Å². The largest absolute Gasteiger partial charge is 0.435 e. The summed E-state index contributed by atoms with van der Waals surface area (Å²) in [6, 6.07) is 10.9. The van der Waals surface area contributed by atoms with Crippen molar-refractivity contribution >= 4 is 17.3 Å². The maximum Gasteiger partial charge on any atom is 0.387 e. The van der Waals surface area contributed by atoms with Gasteiger partial charge in [-0.2, -0.15) is 13.9 Å². The lowest BCUT2D eigenvalue weighted by Gasteiger charge is -2.06. The molecule has 0 spiro atoms. The molecule has 1 amide bonds. The summed E-state index contributed by atoms with van der Waals surface area (Å²) in [4.78, 5) is 22.1. The lowest BCUT2D eigenvalue weighted by molar-refractivity contribution is -0.384. The summed E-state index contributed by atoms with van der Waals surface area (Å²) in [7, 11) is 0. The Morgan fingerprint density at radius 1 is 1.20 bits per heavy atom. The van der Waals surface area contributed by atoms with Crippen molar-refractivity contribution in [2.24, 2.45) is 5.10 Å². The second-order valence-corrected chi connectivity index (χ2v) is 4.85. The number of hydrogen-bond donors (Lipinski definition) is 1. The minimum absolute atomic E-state index is 0.00665. The number of rotatable bonds is 6. The smallest absolute Gasteiger partial charge is 0.387 e. The molecule has 1 N–H and O–H groups in total. The van der Waals surface area contributed by atoms with Crippen LogP contribution in [-0.2, 0) is 0 Å². The number of hydrogen-bond acceptors (Lipinski definition) is 5. The highest BCUT2D eigenvalue weighted by Crippen LogP contribution is 2.16. The number of nitrogens with one attached hydrogen (secondary N) is 1. The molecule has 25 heavy (non-hydrogen) atoms. The van der Waals surface area contributed by atoms with Crippen LogP contribution in [0.4, 0.5) is 14.5 Å². The van der Waals surface area contributed by atoms with Crippen LogP contribution in [-0.4, -0.2) is 23.2 Å². The first kappa shape index (κ1) is 18.0. The monoisotopic (exact) mass is 349 g/mol. The molecule has 0 aliphatic carbocycles. The molecular weight excluding hydrogens is 336 g/mol. The zero-order chi connectivity index (χ0) is 18.4. The van der Waals surface area contributed by atoms with Crippen molar-refractivity contribution in [3.8, 4) is 5.75 Å². The van der Waals surface area contributed by atoms with Crippen molar-refractivity contribution in [3.05, 3.63) is 69.8 Å². The third-order valence-electron chi connectivity index (χ3n) is 3.14. The molecule has 0 bridgehead atoms. The Hall–Kier alpha value is -3.36. The van der Waals surface area contributed by atoms with Gasteiger partial charge in [0.25, 0.3) is 11.6 Å². The van der Waals surface area contributed by atoms with Crippen molar-refractivity contribution < 1.29 is 23.2 Å². The zero-order valence-corrected chi connectivity index (χ0v) is 13.0. The third-order valence-corrected chi connectivity index (χ3v) is 3.14. The van der Waals surface area contributed by atoms with Crippen LogP contribution < -0.4 is 10.2 Å². The van der Waals surface area contributed by atoms with Crippen molar-refractivity contribution in [2.45, 2.75) is 13.5 Å². The lowest BCUT2D eigenvalue weighted by Crippen LogP contribution is -2.19. The Balaban J connectivity index is 2.06. The molecule has 0 radical (unpaired) electrons. The fourth-order valence-electron chi connectivity index (χ4n) is 1.90. The van der Waals surface area contributed by atoms with E-state index in [2.05, 4.69) is 15.3 Å². The van der Waals surface area contributed by atoms with Crippen LogP contribution in [0.3, 0.4) is 0 Å². The number of alkyl halides is 2. The van der Waals surface area contributed by atoms with Crippen molar-refractivity contribution in [3.63, 3.8) is 0 Å². The second-order valence-electron chi connectivity index (χ2n) is 4.85. The molecule has 130 valence electrons. The first-order valence-corrected chi connectivity index (χ1v) is 7.01. The summed E-state index contributed by atoms with van der Waals surface area (Å²) in [5.41, 5.74) is 3.17. The summed E-state index contributed by atoms with van der Waals surface area (Å²) >= 11 is 0. The third kappa shape index (κ3) is 5.06. The number of halogens is 2. The Bertz CT molecular complexity index is 807. The molecule has 0 aliphatic heterocycles. The van der Waals surface area contributed by atoms with E-state index in [4.69, 9.17) is 0 Å². The summed E-state index contributed by atoms with van der Waals surface area (Å²) in [6.45, 7) is -1.30. The van der Waals surface area contributed by atoms with Gasteiger partial charge in [-0.15, -0.1) is 0 Å². The van der Waals surface area contributed by atoms with Gasteiger partial charge in [0.15, 0.2) is 0 Å².